The van der Waals surface area contributed by atoms with Crippen LogP contribution in [0.5, 0.6) is 0 Å². The molecule has 0 aromatic rings. The monoisotopic (exact) mass is 299 g/mol. The molecule has 120 valence electrons. The van der Waals surface area contributed by atoms with Gasteiger partial charge in [0.2, 0.25) is 5.91 Å². The van der Waals surface area contributed by atoms with Gasteiger partial charge in [-0.25, -0.2) is 4.79 Å². The molecule has 6 nitrogen and oxygen atoms in total. The maximum Gasteiger partial charge on any atom is 0.333 e. The normalized spacial score (nSPS) is 25.4. The van der Waals surface area contributed by atoms with E-state index in [1.54, 1.807) is 6.08 Å². The van der Waals surface area contributed by atoms with Crippen molar-refractivity contribution >= 4 is 11.9 Å². The second kappa shape index (κ2) is 8.14. The molecular weight excluding hydrogens is 274 g/mol. The predicted molar refractivity (Wildman–Crippen MR) is 77.6 cm³/mol. The molecule has 0 unspecified atom stereocenters. The Balaban J connectivity index is 2.99. The van der Waals surface area contributed by atoms with E-state index in [1.165, 1.54) is 14.0 Å². The molecule has 21 heavy (non-hydrogen) atoms. The zero-order chi connectivity index (χ0) is 16.0. The van der Waals surface area contributed by atoms with Gasteiger partial charge in [0, 0.05) is 18.9 Å². The van der Waals surface area contributed by atoms with Gasteiger partial charge in [0.15, 0.2) is 0 Å². The van der Waals surface area contributed by atoms with E-state index in [2.05, 4.69) is 5.32 Å². The zero-order valence-corrected chi connectivity index (χ0v) is 13.1. The van der Waals surface area contributed by atoms with Gasteiger partial charge in [0.25, 0.3) is 0 Å². The van der Waals surface area contributed by atoms with Gasteiger partial charge < -0.3 is 19.9 Å². The highest BCUT2D eigenvalue weighted by molar-refractivity contribution is 5.89. The fraction of sp³-hybridized carbons (Fsp3) is 0.733. The van der Waals surface area contributed by atoms with E-state index in [1.807, 2.05) is 13.8 Å². The SMILES string of the molecule is CCC(CC)O[C@@H]1C=C(C(=O)OC)C[C@@H](O)[C@H]1NC(C)=O. The van der Waals surface area contributed by atoms with E-state index in [-0.39, 0.29) is 18.4 Å². The minimum atomic E-state index is -0.882. The van der Waals surface area contributed by atoms with Crippen LogP contribution < -0.4 is 5.32 Å². The maximum absolute atomic E-state index is 11.7. The molecule has 0 aromatic carbocycles. The number of hydrogen-bond donors (Lipinski definition) is 2. The smallest absolute Gasteiger partial charge is 0.333 e. The Morgan fingerprint density at radius 3 is 2.52 bits per heavy atom. The topological polar surface area (TPSA) is 84.9 Å². The van der Waals surface area contributed by atoms with Crippen molar-refractivity contribution in [1.82, 2.24) is 5.32 Å². The van der Waals surface area contributed by atoms with Crippen molar-refractivity contribution in [2.75, 3.05) is 7.11 Å². The summed E-state index contributed by atoms with van der Waals surface area (Å²) in [6.45, 7) is 5.40. The summed E-state index contributed by atoms with van der Waals surface area (Å²) in [5, 5.41) is 12.9. The number of ether oxygens (including phenoxy) is 2. The molecule has 0 heterocycles. The zero-order valence-electron chi connectivity index (χ0n) is 13.1. The summed E-state index contributed by atoms with van der Waals surface area (Å²) in [5.41, 5.74) is 0.377. The average Bonchev–Trinajstić information content (AvgIpc) is 2.46. The molecule has 0 fully saturated rings. The summed E-state index contributed by atoms with van der Waals surface area (Å²) in [4.78, 5) is 23.0. The molecular formula is C15H25NO5. The number of rotatable bonds is 6. The van der Waals surface area contributed by atoms with Gasteiger partial charge in [0.05, 0.1) is 31.5 Å². The molecule has 1 rings (SSSR count). The average molecular weight is 299 g/mol. The third-order valence-electron chi connectivity index (χ3n) is 3.64. The minimum Gasteiger partial charge on any atom is -0.466 e. The fourth-order valence-corrected chi connectivity index (χ4v) is 2.46. The van der Waals surface area contributed by atoms with Crippen LogP contribution in [0.2, 0.25) is 0 Å². The number of carbonyl (C=O) groups excluding carboxylic acids is 2. The minimum absolute atomic E-state index is 0.00621. The lowest BCUT2D eigenvalue weighted by atomic mass is 9.89. The summed E-state index contributed by atoms with van der Waals surface area (Å²) in [7, 11) is 1.30. The van der Waals surface area contributed by atoms with Crippen molar-refractivity contribution in [1.29, 1.82) is 0 Å². The Bertz CT molecular complexity index is 403. The van der Waals surface area contributed by atoms with Gasteiger partial charge in [0.1, 0.15) is 0 Å². The van der Waals surface area contributed by atoms with Gasteiger partial charge in [-0.1, -0.05) is 13.8 Å². The Morgan fingerprint density at radius 1 is 1.43 bits per heavy atom. The Hall–Kier alpha value is -1.40. The van der Waals surface area contributed by atoms with Crippen LogP contribution in [0.25, 0.3) is 0 Å². The highest BCUT2D eigenvalue weighted by atomic mass is 16.5. The van der Waals surface area contributed by atoms with Crippen LogP contribution in [0.15, 0.2) is 11.6 Å². The predicted octanol–water partition coefficient (Wildman–Crippen LogP) is 0.929. The number of hydrogen-bond acceptors (Lipinski definition) is 5. The van der Waals surface area contributed by atoms with Crippen molar-refractivity contribution in [3.8, 4) is 0 Å². The van der Waals surface area contributed by atoms with Gasteiger partial charge in [-0.2, -0.15) is 0 Å². The van der Waals surface area contributed by atoms with E-state index >= 15 is 0 Å². The van der Waals surface area contributed by atoms with Crippen molar-refractivity contribution in [3.05, 3.63) is 11.6 Å². The Labute approximate surface area is 125 Å². The summed E-state index contributed by atoms with van der Waals surface area (Å²) in [6.07, 6.45) is 2.00. The summed E-state index contributed by atoms with van der Waals surface area (Å²) in [5.74, 6) is -0.722. The lowest BCUT2D eigenvalue weighted by molar-refractivity contribution is -0.137. The summed E-state index contributed by atoms with van der Waals surface area (Å²) < 4.78 is 10.6. The van der Waals surface area contributed by atoms with E-state index in [4.69, 9.17) is 9.47 Å². The number of esters is 1. The number of carbonyl (C=O) groups is 2. The van der Waals surface area contributed by atoms with Gasteiger partial charge in [-0.05, 0) is 18.9 Å². The first-order chi connectivity index (χ1) is 9.92. The maximum atomic E-state index is 11.7. The van der Waals surface area contributed by atoms with E-state index in [9.17, 15) is 14.7 Å². The van der Waals surface area contributed by atoms with E-state index in [0.717, 1.165) is 12.8 Å². The first-order valence-electron chi connectivity index (χ1n) is 7.32. The molecule has 1 aliphatic carbocycles. The first kappa shape index (κ1) is 17.7. The van der Waals surface area contributed by atoms with Crippen LogP contribution in [0.3, 0.4) is 0 Å². The van der Waals surface area contributed by atoms with Crippen molar-refractivity contribution in [2.45, 2.75) is 64.4 Å². The third-order valence-corrected chi connectivity index (χ3v) is 3.64. The van der Waals surface area contributed by atoms with Crippen LogP contribution in [0.1, 0.15) is 40.0 Å². The van der Waals surface area contributed by atoms with Crippen LogP contribution in [-0.4, -0.2) is 48.4 Å². The molecule has 0 bridgehead atoms. The number of amides is 1. The molecule has 2 N–H and O–H groups in total. The Kier molecular flexibility index (Phi) is 6.84. The molecule has 1 amide bonds. The number of aliphatic hydroxyl groups excluding tert-OH is 1. The Morgan fingerprint density at radius 2 is 2.05 bits per heavy atom. The number of nitrogens with one attached hydrogen (secondary N) is 1. The van der Waals surface area contributed by atoms with Crippen molar-refractivity contribution in [2.24, 2.45) is 0 Å². The van der Waals surface area contributed by atoms with Crippen LogP contribution in [-0.2, 0) is 19.1 Å². The highest BCUT2D eigenvalue weighted by Crippen LogP contribution is 2.24. The van der Waals surface area contributed by atoms with Crippen LogP contribution in [0, 0.1) is 0 Å². The molecule has 3 atom stereocenters. The molecule has 0 saturated carbocycles. The first-order valence-corrected chi connectivity index (χ1v) is 7.32. The lowest BCUT2D eigenvalue weighted by Gasteiger charge is -2.35. The van der Waals surface area contributed by atoms with E-state index in [0.29, 0.717) is 5.57 Å². The summed E-state index contributed by atoms with van der Waals surface area (Å²) in [6, 6.07) is -0.559. The van der Waals surface area contributed by atoms with Crippen molar-refractivity contribution < 1.29 is 24.2 Å². The second-order valence-electron chi connectivity index (χ2n) is 5.22. The fourth-order valence-electron chi connectivity index (χ4n) is 2.46. The van der Waals surface area contributed by atoms with Gasteiger partial charge in [-0.15, -0.1) is 0 Å². The van der Waals surface area contributed by atoms with Crippen LogP contribution in [0.4, 0.5) is 0 Å². The molecule has 1 aliphatic rings. The number of aliphatic hydroxyl groups is 1. The van der Waals surface area contributed by atoms with Gasteiger partial charge in [-0.3, -0.25) is 4.79 Å². The summed E-state index contributed by atoms with van der Waals surface area (Å²) >= 11 is 0. The molecule has 0 spiro atoms. The van der Waals surface area contributed by atoms with Gasteiger partial charge >= 0.3 is 5.97 Å². The largest absolute Gasteiger partial charge is 0.466 e. The van der Waals surface area contributed by atoms with Crippen LogP contribution >= 0.6 is 0 Å². The van der Waals surface area contributed by atoms with E-state index < -0.39 is 24.2 Å². The third kappa shape index (κ3) is 4.82. The standard InChI is InChI=1S/C15H25NO5/c1-5-11(6-2)21-13-8-10(15(19)20-4)7-12(18)14(13)16-9(3)17/h8,11-14,18H,5-7H2,1-4H3,(H,16,17)/t12-,13-,14-/m1/s1. The molecule has 0 aromatic heterocycles. The highest BCUT2D eigenvalue weighted by Gasteiger charge is 2.36. The molecule has 0 radical (unpaired) electrons. The second-order valence-corrected chi connectivity index (χ2v) is 5.22. The molecule has 6 heteroatoms. The quantitative estimate of drug-likeness (QED) is 0.713. The molecule has 0 saturated heterocycles. The lowest BCUT2D eigenvalue weighted by Crippen LogP contribution is -2.53. The molecule has 0 aliphatic heterocycles. The van der Waals surface area contributed by atoms with Crippen molar-refractivity contribution in [3.63, 3.8) is 0 Å². The number of methoxy groups -OCH3 is 1.